The Labute approximate surface area is 214 Å². The second-order valence-electron chi connectivity index (χ2n) is 8.47. The van der Waals surface area contributed by atoms with Gasteiger partial charge in [0, 0.05) is 16.6 Å². The van der Waals surface area contributed by atoms with Crippen LogP contribution in [0.25, 0.3) is 9.40 Å². The minimum atomic E-state index is -0.816. The van der Waals surface area contributed by atoms with E-state index in [0.717, 1.165) is 19.8 Å². The summed E-state index contributed by atoms with van der Waals surface area (Å²) in [4.78, 5) is 25.6. The molecule has 0 aliphatic heterocycles. The van der Waals surface area contributed by atoms with Crippen LogP contribution in [0.15, 0.2) is 42.6 Å². The molecule has 3 heterocycles. The Morgan fingerprint density at radius 3 is 2.67 bits per heavy atom. The lowest BCUT2D eigenvalue weighted by Crippen LogP contribution is -2.18. The normalized spacial score (nSPS) is 14.4. The first kappa shape index (κ1) is 23.6. The van der Waals surface area contributed by atoms with E-state index in [0.29, 0.717) is 34.7 Å². The molecule has 4 aromatic rings. The quantitative estimate of drug-likeness (QED) is 0.343. The molecular formula is C26H20N4O4S2. The minimum absolute atomic E-state index is 0.379. The summed E-state index contributed by atoms with van der Waals surface area (Å²) in [6, 6.07) is 13.5. The zero-order chi connectivity index (χ0) is 25.4. The molecule has 8 nitrogen and oxygen atoms in total. The van der Waals surface area contributed by atoms with Crippen LogP contribution in [-0.4, -0.2) is 26.9 Å². The maximum Gasteiger partial charge on any atom is 0.413 e. The average molecular weight is 517 g/mol. The molecule has 1 amide bonds. The minimum Gasteiger partial charge on any atom is -0.481 e. The number of amides is 1. The first-order chi connectivity index (χ1) is 17.3. The molecule has 180 valence electrons. The number of rotatable bonds is 5. The van der Waals surface area contributed by atoms with Crippen LogP contribution in [0.1, 0.15) is 52.3 Å². The standard InChI is InChI=1S/C26H20N4O4S2/c1-15(16-6-4-3-5-7-16)34-25(33)29-23-17(14-28-30(23)2)8-9-19-18(13-27)22-20(35-19)12-21(36-22)26(10-11-26)24(31)32/h3-7,12,14-15H,10-11H2,1-2H3,(H,29,33)(H,31,32). The molecule has 1 aromatic carbocycles. The van der Waals surface area contributed by atoms with Crippen molar-refractivity contribution in [1.29, 1.82) is 5.26 Å². The Balaban J connectivity index is 1.37. The van der Waals surface area contributed by atoms with Gasteiger partial charge in [-0.3, -0.25) is 14.8 Å². The number of nitrogens with one attached hydrogen (secondary N) is 1. The monoisotopic (exact) mass is 516 g/mol. The van der Waals surface area contributed by atoms with Gasteiger partial charge < -0.3 is 9.84 Å². The predicted molar refractivity (Wildman–Crippen MR) is 137 cm³/mol. The van der Waals surface area contributed by atoms with E-state index in [4.69, 9.17) is 4.74 Å². The number of fused-ring (bicyclic) bond motifs is 1. The van der Waals surface area contributed by atoms with Crippen molar-refractivity contribution in [3.63, 3.8) is 0 Å². The number of hydrogen-bond acceptors (Lipinski definition) is 7. The van der Waals surface area contributed by atoms with Gasteiger partial charge in [0.25, 0.3) is 0 Å². The number of aryl methyl sites for hydroxylation is 1. The van der Waals surface area contributed by atoms with Crippen LogP contribution < -0.4 is 5.32 Å². The zero-order valence-corrected chi connectivity index (χ0v) is 21.0. The Kier molecular flexibility index (Phi) is 6.00. The molecule has 2 N–H and O–H groups in total. The van der Waals surface area contributed by atoms with Crippen molar-refractivity contribution in [1.82, 2.24) is 9.78 Å². The summed E-state index contributed by atoms with van der Waals surface area (Å²) in [5.74, 6) is 5.61. The fourth-order valence-corrected chi connectivity index (χ4v) is 6.51. The highest BCUT2D eigenvalue weighted by atomic mass is 32.1. The first-order valence-electron chi connectivity index (χ1n) is 11.1. The molecule has 0 bridgehead atoms. The molecule has 0 spiro atoms. The van der Waals surface area contributed by atoms with Gasteiger partial charge >= 0.3 is 12.1 Å². The van der Waals surface area contributed by atoms with Crippen LogP contribution in [0.3, 0.4) is 0 Å². The number of hydrogen-bond donors (Lipinski definition) is 2. The number of aromatic nitrogens is 2. The molecule has 10 heteroatoms. The smallest absolute Gasteiger partial charge is 0.413 e. The number of nitriles is 1. The average Bonchev–Trinajstić information content (AvgIpc) is 3.33. The van der Waals surface area contributed by atoms with Crippen LogP contribution in [0, 0.1) is 23.2 Å². The highest BCUT2D eigenvalue weighted by Crippen LogP contribution is 2.53. The number of benzene rings is 1. The van der Waals surface area contributed by atoms with E-state index in [-0.39, 0.29) is 0 Å². The van der Waals surface area contributed by atoms with Gasteiger partial charge in [-0.15, -0.1) is 22.7 Å². The van der Waals surface area contributed by atoms with E-state index in [2.05, 4.69) is 28.3 Å². The maximum atomic E-state index is 12.5. The van der Waals surface area contributed by atoms with E-state index in [9.17, 15) is 20.0 Å². The second-order valence-corrected chi connectivity index (χ2v) is 10.6. The van der Waals surface area contributed by atoms with Gasteiger partial charge in [-0.2, -0.15) is 10.4 Å². The molecule has 0 radical (unpaired) electrons. The van der Waals surface area contributed by atoms with Gasteiger partial charge in [0.1, 0.15) is 23.4 Å². The summed E-state index contributed by atoms with van der Waals surface area (Å²) in [6.45, 7) is 1.79. The summed E-state index contributed by atoms with van der Waals surface area (Å²) in [6.07, 6.45) is 1.70. The largest absolute Gasteiger partial charge is 0.481 e. The molecule has 3 aromatic heterocycles. The van der Waals surface area contributed by atoms with Crippen molar-refractivity contribution in [3.05, 3.63) is 69.0 Å². The Hall–Kier alpha value is -4.12. The van der Waals surface area contributed by atoms with Gasteiger partial charge in [-0.1, -0.05) is 36.3 Å². The lowest BCUT2D eigenvalue weighted by molar-refractivity contribution is -0.139. The molecule has 0 saturated heterocycles. The van der Waals surface area contributed by atoms with Crippen molar-refractivity contribution >= 4 is 50.0 Å². The molecule has 1 unspecified atom stereocenters. The predicted octanol–water partition coefficient (Wildman–Crippen LogP) is 5.39. The molecule has 1 aliphatic rings. The molecule has 1 fully saturated rings. The number of aliphatic carboxylic acids is 1. The van der Waals surface area contributed by atoms with Gasteiger partial charge in [-0.05, 0) is 37.3 Å². The van der Waals surface area contributed by atoms with Crippen LogP contribution in [0.5, 0.6) is 0 Å². The summed E-state index contributed by atoms with van der Waals surface area (Å²) >= 11 is 2.72. The summed E-state index contributed by atoms with van der Waals surface area (Å²) in [5, 5.41) is 26.3. The summed E-state index contributed by atoms with van der Waals surface area (Å²) < 4.78 is 8.59. The maximum absolute atomic E-state index is 12.5. The highest BCUT2D eigenvalue weighted by molar-refractivity contribution is 7.28. The lowest BCUT2D eigenvalue weighted by atomic mass is 10.1. The number of thiophene rings is 2. The number of ether oxygens (including phenoxy) is 1. The highest BCUT2D eigenvalue weighted by Gasteiger charge is 2.53. The van der Waals surface area contributed by atoms with Crippen molar-refractivity contribution in [2.24, 2.45) is 7.05 Å². The Morgan fingerprint density at radius 2 is 2.00 bits per heavy atom. The SMILES string of the molecule is CC(OC(=O)Nc1c(C#Cc2sc3cc(C4(C(=O)O)CC4)sc3c2C#N)cnn1C)c1ccccc1. The molecule has 1 saturated carbocycles. The van der Waals surface area contributed by atoms with Crippen LogP contribution in [-0.2, 0) is 22.0 Å². The fourth-order valence-electron chi connectivity index (χ4n) is 3.88. The molecule has 1 aliphatic carbocycles. The van der Waals surface area contributed by atoms with E-state index in [1.165, 1.54) is 33.6 Å². The Bertz CT molecular complexity index is 1590. The second kappa shape index (κ2) is 9.15. The van der Waals surface area contributed by atoms with Gasteiger partial charge in [0.2, 0.25) is 0 Å². The number of anilines is 1. The van der Waals surface area contributed by atoms with Gasteiger partial charge in [-0.25, -0.2) is 4.79 Å². The van der Waals surface area contributed by atoms with Crippen LogP contribution in [0.4, 0.5) is 10.6 Å². The third-order valence-corrected chi connectivity index (χ3v) is 8.67. The summed E-state index contributed by atoms with van der Waals surface area (Å²) in [7, 11) is 1.68. The van der Waals surface area contributed by atoms with Crippen molar-refractivity contribution in [2.75, 3.05) is 5.32 Å². The van der Waals surface area contributed by atoms with Crippen LogP contribution >= 0.6 is 22.7 Å². The molecular weight excluding hydrogens is 496 g/mol. The number of carboxylic acids is 1. The molecule has 5 rings (SSSR count). The lowest BCUT2D eigenvalue weighted by Gasteiger charge is -2.14. The van der Waals surface area contributed by atoms with E-state index >= 15 is 0 Å². The number of carboxylic acid groups (broad SMARTS) is 1. The number of nitrogens with zero attached hydrogens (tertiary/aromatic N) is 3. The van der Waals surface area contributed by atoms with Gasteiger partial charge in [0.15, 0.2) is 0 Å². The van der Waals surface area contributed by atoms with Crippen LogP contribution in [0.2, 0.25) is 0 Å². The number of carbonyl (C=O) groups excluding carboxylic acids is 1. The van der Waals surface area contributed by atoms with Crippen molar-refractivity contribution < 1.29 is 19.4 Å². The third kappa shape index (κ3) is 4.22. The topological polar surface area (TPSA) is 117 Å². The Morgan fingerprint density at radius 1 is 1.25 bits per heavy atom. The summed E-state index contributed by atoms with van der Waals surface area (Å²) in [5.41, 5.74) is 0.990. The van der Waals surface area contributed by atoms with Crippen molar-refractivity contribution in [2.45, 2.75) is 31.3 Å². The van der Waals surface area contributed by atoms with E-state index in [1.54, 1.807) is 14.0 Å². The molecule has 1 atom stereocenters. The van der Waals surface area contributed by atoms with Crippen molar-refractivity contribution in [3.8, 4) is 17.9 Å². The van der Waals surface area contributed by atoms with E-state index < -0.39 is 23.6 Å². The number of carbonyl (C=O) groups is 2. The van der Waals surface area contributed by atoms with Gasteiger partial charge in [0.05, 0.1) is 26.9 Å². The first-order valence-corrected chi connectivity index (χ1v) is 12.7. The molecule has 36 heavy (non-hydrogen) atoms. The fraction of sp³-hybridized carbons (Fsp3) is 0.231. The zero-order valence-electron chi connectivity index (χ0n) is 19.4. The third-order valence-electron chi connectivity index (χ3n) is 6.13. The van der Waals surface area contributed by atoms with E-state index in [1.807, 2.05) is 36.4 Å².